The van der Waals surface area contributed by atoms with Gasteiger partial charge in [0.1, 0.15) is 11.5 Å². The number of H-pyrrole nitrogens is 1. The molecule has 0 aliphatic heterocycles. The van der Waals surface area contributed by atoms with Crippen molar-refractivity contribution in [1.82, 2.24) is 15.2 Å². The van der Waals surface area contributed by atoms with E-state index in [2.05, 4.69) is 15.5 Å². The molecule has 0 atom stereocenters. The molecule has 0 amide bonds. The van der Waals surface area contributed by atoms with E-state index >= 15 is 0 Å². The lowest BCUT2D eigenvalue weighted by Crippen LogP contribution is -2.30. The Labute approximate surface area is 220 Å². The Morgan fingerprint density at radius 2 is 1.87 bits per heavy atom. The molecule has 0 saturated heterocycles. The van der Waals surface area contributed by atoms with E-state index in [0.717, 1.165) is 6.26 Å². The summed E-state index contributed by atoms with van der Waals surface area (Å²) < 4.78 is 40.5. The topological polar surface area (TPSA) is 128 Å². The first-order valence-corrected chi connectivity index (χ1v) is 14.2. The predicted octanol–water partition coefficient (Wildman–Crippen LogP) is 5.02. The number of aryl methyl sites for hydroxylation is 1. The van der Waals surface area contributed by atoms with Gasteiger partial charge in [0.25, 0.3) is 0 Å². The number of aromatic nitrogens is 3. The van der Waals surface area contributed by atoms with E-state index in [-0.39, 0.29) is 31.0 Å². The quantitative estimate of drug-likeness (QED) is 0.241. The van der Waals surface area contributed by atoms with Crippen LogP contribution >= 0.6 is 0 Å². The van der Waals surface area contributed by atoms with Crippen molar-refractivity contribution in [3.05, 3.63) is 65.1 Å². The number of aromatic amines is 1. The number of benzene rings is 2. The number of anilines is 2. The van der Waals surface area contributed by atoms with Gasteiger partial charge >= 0.3 is 0 Å². The van der Waals surface area contributed by atoms with E-state index in [0.29, 0.717) is 51.2 Å². The van der Waals surface area contributed by atoms with Crippen LogP contribution in [0, 0.1) is 5.82 Å². The number of para-hydroxylation sites is 1. The van der Waals surface area contributed by atoms with E-state index < -0.39 is 21.6 Å². The standard InChI is InChI=1S/C27H30FN5O4S/c1-5-16-12-24(35)19(28)13-18(16)20-14-21-25(26(32-31-21)23(34)6-2)27(30-20)29-15-17-10-8-9-11-22(17)33(7-3)38(4,36)37/h8-14,35H,5-7,15H2,1-4H3,(H,29,30)(H,31,32). The molecule has 11 heteroatoms. The molecule has 0 unspecified atom stereocenters. The van der Waals surface area contributed by atoms with Crippen LogP contribution in [0.4, 0.5) is 15.9 Å². The van der Waals surface area contributed by atoms with Gasteiger partial charge in [-0.3, -0.25) is 14.2 Å². The summed E-state index contributed by atoms with van der Waals surface area (Å²) in [6.45, 7) is 5.85. The van der Waals surface area contributed by atoms with Crippen LogP contribution in [0.25, 0.3) is 22.2 Å². The predicted molar refractivity (Wildman–Crippen MR) is 147 cm³/mol. The van der Waals surface area contributed by atoms with E-state index in [1.54, 1.807) is 32.0 Å². The average molecular weight is 540 g/mol. The number of Topliss-reactive ketones (excluding diaryl/α,β-unsaturated/α-hetero) is 1. The van der Waals surface area contributed by atoms with Crippen LogP contribution in [0.3, 0.4) is 0 Å². The molecule has 200 valence electrons. The summed E-state index contributed by atoms with van der Waals surface area (Å²) in [6.07, 6.45) is 1.93. The first-order valence-electron chi connectivity index (χ1n) is 12.3. The first-order chi connectivity index (χ1) is 18.1. The second kappa shape index (κ2) is 10.8. The van der Waals surface area contributed by atoms with Crippen molar-refractivity contribution >= 4 is 38.2 Å². The molecule has 0 radical (unpaired) electrons. The summed E-state index contributed by atoms with van der Waals surface area (Å²) in [7, 11) is -3.50. The van der Waals surface area contributed by atoms with E-state index in [1.807, 2.05) is 19.1 Å². The molecule has 4 rings (SSSR count). The lowest BCUT2D eigenvalue weighted by atomic mass is 10.00. The fourth-order valence-corrected chi connectivity index (χ4v) is 5.49. The van der Waals surface area contributed by atoms with Crippen molar-refractivity contribution in [3.63, 3.8) is 0 Å². The molecule has 0 saturated carbocycles. The number of fused-ring (bicyclic) bond motifs is 1. The Bertz CT molecular complexity index is 1620. The minimum atomic E-state index is -3.50. The third kappa shape index (κ3) is 5.19. The third-order valence-corrected chi connectivity index (χ3v) is 7.61. The van der Waals surface area contributed by atoms with Crippen molar-refractivity contribution in [1.29, 1.82) is 0 Å². The Morgan fingerprint density at radius 1 is 1.13 bits per heavy atom. The normalized spacial score (nSPS) is 11.6. The van der Waals surface area contributed by atoms with Gasteiger partial charge < -0.3 is 10.4 Å². The number of aromatic hydroxyl groups is 1. The zero-order valence-corrected chi connectivity index (χ0v) is 22.5. The van der Waals surface area contributed by atoms with Crippen LogP contribution in [-0.4, -0.2) is 47.3 Å². The highest BCUT2D eigenvalue weighted by Gasteiger charge is 2.22. The Balaban J connectivity index is 1.85. The maximum absolute atomic E-state index is 14.4. The summed E-state index contributed by atoms with van der Waals surface area (Å²) in [5, 5.41) is 20.7. The van der Waals surface area contributed by atoms with E-state index in [9.17, 15) is 22.7 Å². The van der Waals surface area contributed by atoms with Gasteiger partial charge in [0.05, 0.1) is 28.5 Å². The smallest absolute Gasteiger partial charge is 0.232 e. The highest BCUT2D eigenvalue weighted by Crippen LogP contribution is 2.34. The van der Waals surface area contributed by atoms with Crippen molar-refractivity contribution < 1.29 is 22.7 Å². The summed E-state index contributed by atoms with van der Waals surface area (Å²) >= 11 is 0. The molecule has 3 N–H and O–H groups in total. The number of sulfonamides is 1. The Morgan fingerprint density at radius 3 is 2.53 bits per heavy atom. The van der Waals surface area contributed by atoms with Crippen LogP contribution in [0.2, 0.25) is 0 Å². The maximum Gasteiger partial charge on any atom is 0.232 e. The summed E-state index contributed by atoms with van der Waals surface area (Å²) in [6, 6.07) is 11.4. The number of carbonyl (C=O) groups excluding carboxylic acids is 1. The number of carbonyl (C=O) groups is 1. The van der Waals surface area contributed by atoms with Gasteiger partial charge in [-0.05, 0) is 48.7 Å². The molecule has 2 heterocycles. The SMILES string of the molecule is CCC(=O)c1n[nH]c2cc(-c3cc(F)c(O)cc3CC)nc(NCc3ccccc3N(CC)S(C)(=O)=O)c12. The summed E-state index contributed by atoms with van der Waals surface area (Å²) in [5.41, 5.74) is 3.62. The second-order valence-electron chi connectivity index (χ2n) is 8.85. The lowest BCUT2D eigenvalue weighted by Gasteiger charge is -2.23. The number of ketones is 1. The maximum atomic E-state index is 14.4. The highest BCUT2D eigenvalue weighted by molar-refractivity contribution is 7.92. The molecule has 0 aliphatic carbocycles. The summed E-state index contributed by atoms with van der Waals surface area (Å²) in [4.78, 5) is 17.4. The molecule has 0 aliphatic rings. The van der Waals surface area contributed by atoms with Crippen molar-refractivity contribution in [2.24, 2.45) is 0 Å². The van der Waals surface area contributed by atoms with Gasteiger partial charge in [-0.1, -0.05) is 32.0 Å². The number of hydrogen-bond donors (Lipinski definition) is 3. The minimum absolute atomic E-state index is 0.173. The van der Waals surface area contributed by atoms with Crippen molar-refractivity contribution in [2.45, 2.75) is 40.2 Å². The van der Waals surface area contributed by atoms with E-state index in [1.165, 1.54) is 16.4 Å². The fourth-order valence-electron chi connectivity index (χ4n) is 4.48. The molecule has 2 aromatic heterocycles. The molecule has 0 fully saturated rings. The average Bonchev–Trinajstić information content (AvgIpc) is 3.32. The molecule has 0 spiro atoms. The highest BCUT2D eigenvalue weighted by atomic mass is 32.2. The van der Waals surface area contributed by atoms with Crippen molar-refractivity contribution in [3.8, 4) is 17.0 Å². The van der Waals surface area contributed by atoms with Crippen molar-refractivity contribution in [2.75, 3.05) is 22.4 Å². The number of halogens is 1. The third-order valence-electron chi connectivity index (χ3n) is 6.35. The molecule has 38 heavy (non-hydrogen) atoms. The van der Waals surface area contributed by atoms with Crippen LogP contribution in [0.1, 0.15) is 48.8 Å². The number of hydrogen-bond acceptors (Lipinski definition) is 7. The number of nitrogens with one attached hydrogen (secondary N) is 2. The van der Waals surface area contributed by atoms with Gasteiger partial charge in [0.15, 0.2) is 17.3 Å². The van der Waals surface area contributed by atoms with Crippen LogP contribution in [-0.2, 0) is 23.0 Å². The van der Waals surface area contributed by atoms with Gasteiger partial charge in [-0.15, -0.1) is 0 Å². The van der Waals surface area contributed by atoms with Crippen LogP contribution < -0.4 is 9.62 Å². The second-order valence-corrected chi connectivity index (χ2v) is 10.8. The molecular formula is C27H30FN5O4S. The van der Waals surface area contributed by atoms with Gasteiger partial charge in [0, 0.05) is 25.1 Å². The van der Waals surface area contributed by atoms with Gasteiger partial charge in [-0.25, -0.2) is 17.8 Å². The number of phenols is 1. The summed E-state index contributed by atoms with van der Waals surface area (Å²) in [5.74, 6) is -1.04. The zero-order valence-electron chi connectivity index (χ0n) is 21.7. The zero-order chi connectivity index (χ0) is 27.6. The van der Waals surface area contributed by atoms with Crippen LogP contribution in [0.5, 0.6) is 5.75 Å². The molecule has 0 bridgehead atoms. The largest absolute Gasteiger partial charge is 0.505 e. The molecule has 2 aromatic carbocycles. The Hall–Kier alpha value is -3.99. The van der Waals surface area contributed by atoms with Crippen LogP contribution in [0.15, 0.2) is 42.5 Å². The molecule has 9 nitrogen and oxygen atoms in total. The number of nitrogens with zero attached hydrogens (tertiary/aromatic N) is 3. The number of pyridine rings is 1. The minimum Gasteiger partial charge on any atom is -0.505 e. The number of rotatable bonds is 10. The molecule has 4 aromatic rings. The first kappa shape index (κ1) is 27.1. The Kier molecular flexibility index (Phi) is 7.68. The lowest BCUT2D eigenvalue weighted by molar-refractivity contribution is 0.0985. The monoisotopic (exact) mass is 539 g/mol. The van der Waals surface area contributed by atoms with Gasteiger partial charge in [-0.2, -0.15) is 5.10 Å². The van der Waals surface area contributed by atoms with Gasteiger partial charge in [0.2, 0.25) is 10.0 Å². The molecular weight excluding hydrogens is 509 g/mol. The fraction of sp³-hybridized carbons (Fsp3) is 0.296. The van der Waals surface area contributed by atoms with E-state index in [4.69, 9.17) is 4.98 Å². The number of phenolic OH excluding ortho intramolecular Hbond substituents is 1.